The van der Waals surface area contributed by atoms with Crippen molar-refractivity contribution in [2.24, 2.45) is 0 Å². The molecule has 0 aliphatic carbocycles. The third-order valence-corrected chi connectivity index (χ3v) is 3.90. The minimum Gasteiger partial charge on any atom is -0.460 e. The van der Waals surface area contributed by atoms with Crippen LogP contribution in [0.1, 0.15) is 29.3 Å². The predicted octanol–water partition coefficient (Wildman–Crippen LogP) is 3.95. The van der Waals surface area contributed by atoms with Crippen molar-refractivity contribution in [1.29, 1.82) is 0 Å². The second-order valence-electron chi connectivity index (χ2n) is 5.21. The summed E-state index contributed by atoms with van der Waals surface area (Å²) in [6.07, 6.45) is 1.82. The second kappa shape index (κ2) is 7.54. The molecule has 118 valence electrons. The van der Waals surface area contributed by atoms with Crippen molar-refractivity contribution in [3.8, 4) is 0 Å². The number of benzene rings is 2. The Morgan fingerprint density at radius 3 is 2.13 bits per heavy atom. The molecule has 0 amide bonds. The summed E-state index contributed by atoms with van der Waals surface area (Å²) in [4.78, 5) is 26.0. The van der Waals surface area contributed by atoms with Gasteiger partial charge in [-0.3, -0.25) is 9.59 Å². The number of carbonyl (C=O) groups excluding carboxylic acids is 2. The fourth-order valence-corrected chi connectivity index (χ4v) is 2.67. The van der Waals surface area contributed by atoms with Crippen molar-refractivity contribution in [3.63, 3.8) is 0 Å². The molecule has 23 heavy (non-hydrogen) atoms. The zero-order chi connectivity index (χ0) is 16.7. The van der Waals surface area contributed by atoms with Gasteiger partial charge in [-0.2, -0.15) is 0 Å². The third kappa shape index (κ3) is 3.24. The van der Waals surface area contributed by atoms with Gasteiger partial charge in [-0.1, -0.05) is 80.2 Å². The Morgan fingerprint density at radius 1 is 1.04 bits per heavy atom. The van der Waals surface area contributed by atoms with Crippen molar-refractivity contribution in [2.75, 3.05) is 6.61 Å². The SMILES string of the molecule is C=CCOC(=O)C(CC)(C(=O)c1ccccc1)c1ccccc1. The number of hydrogen-bond acceptors (Lipinski definition) is 3. The monoisotopic (exact) mass is 308 g/mol. The topological polar surface area (TPSA) is 43.4 Å². The van der Waals surface area contributed by atoms with Crippen LogP contribution in [0, 0.1) is 0 Å². The van der Waals surface area contributed by atoms with E-state index in [1.165, 1.54) is 6.08 Å². The van der Waals surface area contributed by atoms with E-state index in [1.54, 1.807) is 36.4 Å². The number of Topliss-reactive ketones (excluding diaryl/α,β-unsaturated/α-hetero) is 1. The van der Waals surface area contributed by atoms with Gasteiger partial charge in [0.25, 0.3) is 0 Å². The van der Waals surface area contributed by atoms with E-state index < -0.39 is 11.4 Å². The summed E-state index contributed by atoms with van der Waals surface area (Å²) in [5, 5.41) is 0. The number of carbonyl (C=O) groups is 2. The predicted molar refractivity (Wildman–Crippen MR) is 90.3 cm³/mol. The first-order chi connectivity index (χ1) is 11.2. The standard InChI is InChI=1S/C20H20O3/c1-3-15-23-19(22)20(4-2,17-13-9-6-10-14-17)18(21)16-11-7-5-8-12-16/h3,5-14H,1,4,15H2,2H3. The number of ether oxygens (including phenoxy) is 1. The lowest BCUT2D eigenvalue weighted by Gasteiger charge is -2.29. The molecule has 1 unspecified atom stereocenters. The van der Waals surface area contributed by atoms with Gasteiger partial charge < -0.3 is 4.74 Å². The van der Waals surface area contributed by atoms with Gasteiger partial charge in [0.15, 0.2) is 11.2 Å². The van der Waals surface area contributed by atoms with Gasteiger partial charge in [-0.05, 0) is 12.0 Å². The second-order valence-corrected chi connectivity index (χ2v) is 5.21. The molecule has 0 bridgehead atoms. The molecule has 3 nitrogen and oxygen atoms in total. The van der Waals surface area contributed by atoms with Crippen LogP contribution in [0.4, 0.5) is 0 Å². The molecule has 0 spiro atoms. The summed E-state index contributed by atoms with van der Waals surface area (Å²) in [5.74, 6) is -0.791. The molecule has 0 radical (unpaired) electrons. The normalized spacial score (nSPS) is 12.9. The highest BCUT2D eigenvalue weighted by Gasteiger charge is 2.47. The highest BCUT2D eigenvalue weighted by molar-refractivity contribution is 6.17. The van der Waals surface area contributed by atoms with Crippen molar-refractivity contribution < 1.29 is 14.3 Å². The molecule has 2 rings (SSSR count). The first-order valence-electron chi connectivity index (χ1n) is 7.60. The van der Waals surface area contributed by atoms with E-state index >= 15 is 0 Å². The van der Waals surface area contributed by atoms with Gasteiger partial charge in [0, 0.05) is 5.56 Å². The van der Waals surface area contributed by atoms with Crippen molar-refractivity contribution in [2.45, 2.75) is 18.8 Å². The van der Waals surface area contributed by atoms with Crippen LogP contribution in [0.2, 0.25) is 0 Å². The molecule has 0 aliphatic heterocycles. The highest BCUT2D eigenvalue weighted by atomic mass is 16.5. The molecular weight excluding hydrogens is 288 g/mol. The number of hydrogen-bond donors (Lipinski definition) is 0. The number of ketones is 1. The van der Waals surface area contributed by atoms with E-state index in [2.05, 4.69) is 6.58 Å². The van der Waals surface area contributed by atoms with E-state index in [0.29, 0.717) is 17.5 Å². The molecule has 0 heterocycles. The molecule has 0 fully saturated rings. The maximum Gasteiger partial charge on any atom is 0.324 e. The van der Waals surface area contributed by atoms with Crippen LogP contribution in [-0.2, 0) is 14.9 Å². The maximum atomic E-state index is 13.2. The van der Waals surface area contributed by atoms with E-state index in [-0.39, 0.29) is 12.4 Å². The molecule has 0 aliphatic rings. The van der Waals surface area contributed by atoms with E-state index in [0.717, 1.165) is 0 Å². The Kier molecular flexibility index (Phi) is 5.47. The van der Waals surface area contributed by atoms with Gasteiger partial charge in [0.05, 0.1) is 0 Å². The molecule has 1 atom stereocenters. The average molecular weight is 308 g/mol. The third-order valence-electron chi connectivity index (χ3n) is 3.90. The summed E-state index contributed by atoms with van der Waals surface area (Å²) >= 11 is 0. The molecule has 3 heteroatoms. The highest BCUT2D eigenvalue weighted by Crippen LogP contribution is 2.33. The van der Waals surface area contributed by atoms with Gasteiger partial charge in [0.1, 0.15) is 6.61 Å². The molecule has 0 saturated carbocycles. The summed E-state index contributed by atoms with van der Waals surface area (Å²) in [6.45, 7) is 5.46. The Hall–Kier alpha value is -2.68. The quantitative estimate of drug-likeness (QED) is 0.337. The molecule has 2 aromatic carbocycles. The van der Waals surface area contributed by atoms with Crippen LogP contribution in [0.25, 0.3) is 0 Å². The lowest BCUT2D eigenvalue weighted by atomic mass is 9.72. The van der Waals surface area contributed by atoms with E-state index in [1.807, 2.05) is 31.2 Å². The fraction of sp³-hybridized carbons (Fsp3) is 0.200. The Balaban J connectivity index is 2.56. The van der Waals surface area contributed by atoms with Crippen molar-refractivity contribution in [3.05, 3.63) is 84.4 Å². The van der Waals surface area contributed by atoms with Gasteiger partial charge in [-0.25, -0.2) is 0 Å². The van der Waals surface area contributed by atoms with E-state index in [9.17, 15) is 9.59 Å². The Bertz CT molecular complexity index is 677. The molecule has 0 aromatic heterocycles. The van der Waals surface area contributed by atoms with Gasteiger partial charge in [-0.15, -0.1) is 0 Å². The van der Waals surface area contributed by atoms with Gasteiger partial charge in [0.2, 0.25) is 0 Å². The molecule has 0 N–H and O–H groups in total. The smallest absolute Gasteiger partial charge is 0.324 e. The van der Waals surface area contributed by atoms with E-state index in [4.69, 9.17) is 4.74 Å². The number of rotatable bonds is 7. The first kappa shape index (κ1) is 16.7. The molecular formula is C20H20O3. The largest absolute Gasteiger partial charge is 0.460 e. The zero-order valence-electron chi connectivity index (χ0n) is 13.2. The van der Waals surface area contributed by atoms with Crippen LogP contribution in [-0.4, -0.2) is 18.4 Å². The lowest BCUT2D eigenvalue weighted by Crippen LogP contribution is -2.44. The Labute approximate surface area is 136 Å². The minimum absolute atomic E-state index is 0.0789. The van der Waals surface area contributed by atoms with Crippen molar-refractivity contribution in [1.82, 2.24) is 0 Å². The summed E-state index contributed by atoms with van der Waals surface area (Å²) < 4.78 is 5.27. The van der Waals surface area contributed by atoms with Crippen LogP contribution in [0.5, 0.6) is 0 Å². The Morgan fingerprint density at radius 2 is 1.61 bits per heavy atom. The maximum absolute atomic E-state index is 13.2. The summed E-state index contributed by atoms with van der Waals surface area (Å²) in [6, 6.07) is 17.9. The van der Waals surface area contributed by atoms with Crippen LogP contribution in [0.3, 0.4) is 0 Å². The zero-order valence-corrected chi connectivity index (χ0v) is 13.2. The minimum atomic E-state index is -1.34. The van der Waals surface area contributed by atoms with Crippen molar-refractivity contribution >= 4 is 11.8 Å². The van der Waals surface area contributed by atoms with Crippen LogP contribution >= 0.6 is 0 Å². The van der Waals surface area contributed by atoms with Crippen LogP contribution in [0.15, 0.2) is 73.3 Å². The average Bonchev–Trinajstić information content (AvgIpc) is 2.62. The van der Waals surface area contributed by atoms with Gasteiger partial charge >= 0.3 is 5.97 Å². The number of esters is 1. The van der Waals surface area contributed by atoms with Crippen LogP contribution < -0.4 is 0 Å². The fourth-order valence-electron chi connectivity index (χ4n) is 2.67. The molecule has 2 aromatic rings. The lowest BCUT2D eigenvalue weighted by molar-refractivity contribution is -0.147. The first-order valence-corrected chi connectivity index (χ1v) is 7.60. The summed E-state index contributed by atoms with van der Waals surface area (Å²) in [7, 11) is 0. The molecule has 0 saturated heterocycles. The summed E-state index contributed by atoms with van der Waals surface area (Å²) in [5.41, 5.74) is -0.204.